The van der Waals surface area contributed by atoms with Crippen LogP contribution in [0, 0.1) is 5.92 Å². The van der Waals surface area contributed by atoms with Crippen LogP contribution >= 0.6 is 0 Å². The second-order valence-electron chi connectivity index (χ2n) is 8.15. The van der Waals surface area contributed by atoms with E-state index in [1.54, 1.807) is 24.3 Å². The van der Waals surface area contributed by atoms with E-state index in [1.807, 2.05) is 13.8 Å². The summed E-state index contributed by atoms with van der Waals surface area (Å²) in [5.41, 5.74) is 0.750. The van der Waals surface area contributed by atoms with E-state index in [4.69, 9.17) is 13.9 Å². The number of benzene rings is 2. The summed E-state index contributed by atoms with van der Waals surface area (Å²) in [4.78, 5) is 25.1. The van der Waals surface area contributed by atoms with Crippen molar-refractivity contribution < 1.29 is 31.9 Å². The van der Waals surface area contributed by atoms with Gasteiger partial charge in [0.1, 0.15) is 19.3 Å². The standard InChI is InChI=1S/C24H25N3O7S/c1-15(2)22(26-23(28)20-4-3-11-32-20)24(29)25-16-5-7-17(8-6-16)27-35(30,31)18-9-10-19-21(14-18)34-13-12-33-19/h3-11,14-15,22,27H,12-13H2,1-2H3,(H,25,29)(H,26,28)/t22-/m0/s1. The van der Waals surface area contributed by atoms with Crippen LogP contribution in [0.1, 0.15) is 24.4 Å². The molecule has 184 valence electrons. The molecule has 1 aromatic heterocycles. The first-order valence-corrected chi connectivity index (χ1v) is 12.4. The molecule has 35 heavy (non-hydrogen) atoms. The molecule has 1 aliphatic rings. The van der Waals surface area contributed by atoms with Crippen LogP contribution in [0.3, 0.4) is 0 Å². The van der Waals surface area contributed by atoms with Crippen molar-refractivity contribution in [1.29, 1.82) is 0 Å². The molecule has 0 radical (unpaired) electrons. The average molecular weight is 500 g/mol. The molecule has 10 nitrogen and oxygen atoms in total. The molecule has 0 saturated heterocycles. The zero-order valence-electron chi connectivity index (χ0n) is 19.1. The molecule has 0 bridgehead atoms. The zero-order valence-corrected chi connectivity index (χ0v) is 19.9. The van der Waals surface area contributed by atoms with E-state index in [9.17, 15) is 18.0 Å². The highest BCUT2D eigenvalue weighted by Gasteiger charge is 2.26. The smallest absolute Gasteiger partial charge is 0.287 e. The number of amides is 2. The van der Waals surface area contributed by atoms with Crippen molar-refractivity contribution >= 4 is 33.2 Å². The Bertz CT molecular complexity index is 1300. The van der Waals surface area contributed by atoms with E-state index in [1.165, 1.54) is 36.6 Å². The second-order valence-corrected chi connectivity index (χ2v) is 9.83. The summed E-state index contributed by atoms with van der Waals surface area (Å²) in [5, 5.41) is 5.40. The minimum atomic E-state index is -3.87. The lowest BCUT2D eigenvalue weighted by atomic mass is 10.0. The van der Waals surface area contributed by atoms with Gasteiger partial charge in [-0.15, -0.1) is 0 Å². The minimum Gasteiger partial charge on any atom is -0.486 e. The van der Waals surface area contributed by atoms with E-state index in [2.05, 4.69) is 15.4 Å². The third-order valence-electron chi connectivity index (χ3n) is 5.21. The molecule has 3 aromatic rings. The van der Waals surface area contributed by atoms with Crippen LogP contribution in [0.2, 0.25) is 0 Å². The molecule has 2 heterocycles. The fourth-order valence-electron chi connectivity index (χ4n) is 3.40. The second kappa shape index (κ2) is 10.1. The normalized spacial score (nSPS) is 13.7. The number of hydrogen-bond donors (Lipinski definition) is 3. The predicted molar refractivity (Wildman–Crippen MR) is 128 cm³/mol. The molecule has 3 N–H and O–H groups in total. The first kappa shape index (κ1) is 24.1. The molecule has 0 spiro atoms. The molecule has 2 amide bonds. The molecule has 4 rings (SSSR count). The van der Waals surface area contributed by atoms with Crippen molar-refractivity contribution in [1.82, 2.24) is 5.32 Å². The van der Waals surface area contributed by atoms with Gasteiger partial charge in [0.05, 0.1) is 11.2 Å². The maximum atomic E-state index is 12.8. The third-order valence-corrected chi connectivity index (χ3v) is 6.59. The maximum Gasteiger partial charge on any atom is 0.287 e. The van der Waals surface area contributed by atoms with Crippen LogP contribution in [-0.2, 0) is 14.8 Å². The van der Waals surface area contributed by atoms with Crippen molar-refractivity contribution in [2.75, 3.05) is 23.3 Å². The van der Waals surface area contributed by atoms with Gasteiger partial charge in [-0.05, 0) is 54.4 Å². The van der Waals surface area contributed by atoms with Gasteiger partial charge in [-0.2, -0.15) is 0 Å². The molecule has 2 aromatic carbocycles. The lowest BCUT2D eigenvalue weighted by molar-refractivity contribution is -0.118. The van der Waals surface area contributed by atoms with Gasteiger partial charge in [-0.3, -0.25) is 14.3 Å². The molecule has 0 aliphatic carbocycles. The summed E-state index contributed by atoms with van der Waals surface area (Å²) in [5.74, 6) is -0.118. The van der Waals surface area contributed by atoms with Gasteiger partial charge in [0.2, 0.25) is 5.91 Å². The summed E-state index contributed by atoms with van der Waals surface area (Å²) in [6.45, 7) is 4.38. The van der Waals surface area contributed by atoms with E-state index < -0.39 is 27.9 Å². The van der Waals surface area contributed by atoms with E-state index in [0.29, 0.717) is 36.1 Å². The highest BCUT2D eigenvalue weighted by Crippen LogP contribution is 2.32. The maximum absolute atomic E-state index is 12.8. The summed E-state index contributed by atoms with van der Waals surface area (Å²) < 4.78 is 44.0. The van der Waals surface area contributed by atoms with Gasteiger partial charge in [0.15, 0.2) is 17.3 Å². The van der Waals surface area contributed by atoms with E-state index in [-0.39, 0.29) is 16.6 Å². The Morgan fingerprint density at radius 3 is 2.26 bits per heavy atom. The van der Waals surface area contributed by atoms with Crippen LogP contribution < -0.4 is 24.8 Å². The quantitative estimate of drug-likeness (QED) is 0.433. The van der Waals surface area contributed by atoms with Crippen molar-refractivity contribution in [2.45, 2.75) is 24.8 Å². The van der Waals surface area contributed by atoms with E-state index >= 15 is 0 Å². The number of sulfonamides is 1. The minimum absolute atomic E-state index is 0.0335. The summed E-state index contributed by atoms with van der Waals surface area (Å²) >= 11 is 0. The van der Waals surface area contributed by atoms with Crippen LogP contribution in [0.4, 0.5) is 11.4 Å². The highest BCUT2D eigenvalue weighted by molar-refractivity contribution is 7.92. The molecular weight excluding hydrogens is 474 g/mol. The molecule has 11 heteroatoms. The van der Waals surface area contributed by atoms with Crippen LogP contribution in [0.5, 0.6) is 11.5 Å². The molecule has 1 atom stereocenters. The summed E-state index contributed by atoms with van der Waals surface area (Å²) in [7, 11) is -3.87. The molecular formula is C24H25N3O7S. The lowest BCUT2D eigenvalue weighted by Gasteiger charge is -2.21. The van der Waals surface area contributed by atoms with Crippen molar-refractivity contribution in [3.05, 3.63) is 66.6 Å². The van der Waals surface area contributed by atoms with Crippen molar-refractivity contribution in [2.24, 2.45) is 5.92 Å². The number of rotatable bonds is 8. The first-order valence-electron chi connectivity index (χ1n) is 10.9. The Balaban J connectivity index is 1.40. The Morgan fingerprint density at radius 2 is 1.60 bits per heavy atom. The van der Waals surface area contributed by atoms with Crippen LogP contribution in [0.25, 0.3) is 0 Å². The number of carbonyl (C=O) groups excluding carboxylic acids is 2. The number of furan rings is 1. The van der Waals surface area contributed by atoms with E-state index in [0.717, 1.165) is 0 Å². The molecule has 0 unspecified atom stereocenters. The largest absolute Gasteiger partial charge is 0.486 e. The lowest BCUT2D eigenvalue weighted by Crippen LogP contribution is -2.47. The molecule has 0 saturated carbocycles. The van der Waals surface area contributed by atoms with Gasteiger partial charge < -0.3 is 24.5 Å². The zero-order chi connectivity index (χ0) is 25.0. The highest BCUT2D eigenvalue weighted by atomic mass is 32.2. The Morgan fingerprint density at radius 1 is 0.914 bits per heavy atom. The monoisotopic (exact) mass is 499 g/mol. The fraction of sp³-hybridized carbons (Fsp3) is 0.250. The summed E-state index contributed by atoms with van der Waals surface area (Å²) in [6.07, 6.45) is 1.38. The molecule has 1 aliphatic heterocycles. The van der Waals surface area contributed by atoms with Gasteiger partial charge in [0, 0.05) is 17.4 Å². The third kappa shape index (κ3) is 5.75. The first-order chi connectivity index (χ1) is 16.7. The SMILES string of the molecule is CC(C)[C@H](NC(=O)c1ccco1)C(=O)Nc1ccc(NS(=O)(=O)c2ccc3c(c2)OCCO3)cc1. The number of carbonyl (C=O) groups is 2. The number of anilines is 2. The Labute approximate surface area is 202 Å². The average Bonchev–Trinajstić information content (AvgIpc) is 3.38. The van der Waals surface area contributed by atoms with Crippen LogP contribution in [0.15, 0.2) is 70.2 Å². The number of hydrogen-bond acceptors (Lipinski definition) is 7. The number of fused-ring (bicyclic) bond motifs is 1. The summed E-state index contributed by atoms with van der Waals surface area (Å²) in [6, 6.07) is 12.9. The topological polar surface area (TPSA) is 136 Å². The van der Waals surface area contributed by atoms with Crippen molar-refractivity contribution in [3.8, 4) is 11.5 Å². The van der Waals surface area contributed by atoms with Gasteiger partial charge in [0.25, 0.3) is 15.9 Å². The fourth-order valence-corrected chi connectivity index (χ4v) is 4.48. The Kier molecular flexibility index (Phi) is 6.97. The molecule has 0 fully saturated rings. The predicted octanol–water partition coefficient (Wildman–Crippen LogP) is 3.24. The van der Waals surface area contributed by atoms with Gasteiger partial charge in [-0.25, -0.2) is 8.42 Å². The number of ether oxygens (including phenoxy) is 2. The Hall–Kier alpha value is -3.99. The van der Waals surface area contributed by atoms with Gasteiger partial charge >= 0.3 is 0 Å². The van der Waals surface area contributed by atoms with Gasteiger partial charge in [-0.1, -0.05) is 13.8 Å². The van der Waals surface area contributed by atoms with Crippen molar-refractivity contribution in [3.63, 3.8) is 0 Å². The van der Waals surface area contributed by atoms with Crippen LogP contribution in [-0.4, -0.2) is 39.5 Å². The number of nitrogens with one attached hydrogen (secondary N) is 3.